The van der Waals surface area contributed by atoms with Gasteiger partial charge < -0.3 is 14.9 Å². The second-order valence-electron chi connectivity index (χ2n) is 6.81. The van der Waals surface area contributed by atoms with Crippen LogP contribution in [0.5, 0.6) is 0 Å². The number of nitrogens with one attached hydrogen (secondary N) is 1. The number of sulfonamides is 1. The molecule has 1 atom stereocenters. The molecule has 1 aromatic rings. The van der Waals surface area contributed by atoms with Crippen LogP contribution in [0.2, 0.25) is 0 Å². The molecule has 1 saturated heterocycles. The van der Waals surface area contributed by atoms with Crippen LogP contribution in [0.1, 0.15) is 25.3 Å². The Hall–Kier alpha value is -1.45. The number of piperidine rings is 1. The summed E-state index contributed by atoms with van der Waals surface area (Å²) in [5, 5.41) is 6.56. The van der Waals surface area contributed by atoms with Crippen molar-refractivity contribution in [2.24, 2.45) is 5.16 Å². The number of benzene rings is 1. The van der Waals surface area contributed by atoms with Crippen LogP contribution >= 0.6 is 22.6 Å². The molecule has 1 unspecified atom stereocenters. The van der Waals surface area contributed by atoms with Crippen LogP contribution in [-0.4, -0.2) is 61.3 Å². The molecule has 0 radical (unpaired) electrons. The number of halogens is 4. The fourth-order valence-electron chi connectivity index (χ4n) is 2.82. The third-order valence-electron chi connectivity index (χ3n) is 4.34. The summed E-state index contributed by atoms with van der Waals surface area (Å²) in [6.07, 6.45) is -4.13. The van der Waals surface area contributed by atoms with E-state index in [9.17, 15) is 26.4 Å². The molecule has 0 saturated carbocycles. The van der Waals surface area contributed by atoms with Crippen LogP contribution in [0.3, 0.4) is 0 Å². The van der Waals surface area contributed by atoms with E-state index in [0.29, 0.717) is 23.0 Å². The van der Waals surface area contributed by atoms with Gasteiger partial charge >= 0.3 is 6.18 Å². The summed E-state index contributed by atoms with van der Waals surface area (Å²) >= 11 is 2.05. The summed E-state index contributed by atoms with van der Waals surface area (Å²) in [4.78, 5) is 16.4. The molecule has 1 aromatic carbocycles. The van der Waals surface area contributed by atoms with Crippen molar-refractivity contribution in [2.45, 2.75) is 36.9 Å². The molecule has 0 aliphatic carbocycles. The van der Waals surface area contributed by atoms with Crippen LogP contribution in [0, 0.1) is 0 Å². The zero-order valence-corrected chi connectivity index (χ0v) is 19.7. The maximum atomic E-state index is 12.9. The Balaban J connectivity index is 1.87. The van der Waals surface area contributed by atoms with E-state index in [4.69, 9.17) is 9.57 Å². The average molecular weight is 577 g/mol. The number of oxime groups is 1. The Morgan fingerprint density at radius 3 is 2.61 bits per heavy atom. The zero-order chi connectivity index (χ0) is 23.1. The van der Waals surface area contributed by atoms with E-state index in [1.807, 2.05) is 0 Å². The second kappa shape index (κ2) is 11.4. The highest BCUT2D eigenvalue weighted by Gasteiger charge is 2.33. The van der Waals surface area contributed by atoms with Gasteiger partial charge in [0.2, 0.25) is 10.0 Å². The summed E-state index contributed by atoms with van der Waals surface area (Å²) in [5.74, 6) is -0.363. The third kappa shape index (κ3) is 7.88. The van der Waals surface area contributed by atoms with E-state index < -0.39 is 26.7 Å². The van der Waals surface area contributed by atoms with Crippen molar-refractivity contribution >= 4 is 44.2 Å². The van der Waals surface area contributed by atoms with Gasteiger partial charge in [-0.05, 0) is 25.1 Å². The number of carbonyl (C=O) groups excluding carboxylic acids is 1. The highest BCUT2D eigenvalue weighted by molar-refractivity contribution is 14.1. The summed E-state index contributed by atoms with van der Waals surface area (Å²) in [7, 11) is -4.06. The average Bonchev–Trinajstić information content (AvgIpc) is 2.72. The van der Waals surface area contributed by atoms with Crippen molar-refractivity contribution in [1.29, 1.82) is 0 Å². The molecule has 1 N–H and O–H groups in total. The molecule has 0 bridgehead atoms. The number of rotatable bonds is 9. The molecule has 1 aliphatic rings. The van der Waals surface area contributed by atoms with E-state index in [-0.39, 0.29) is 44.5 Å². The quantitative estimate of drug-likeness (QED) is 0.277. The SMILES string of the molecule is CC(COCI)NC(=O)CON=C1CCN(S(=O)(=O)c2cccc(C(F)(F)F)c2)CC1. The van der Waals surface area contributed by atoms with Crippen LogP contribution in [-0.2, 0) is 30.6 Å². The summed E-state index contributed by atoms with van der Waals surface area (Å²) < 4.78 is 70.8. The first-order chi connectivity index (χ1) is 14.5. The van der Waals surface area contributed by atoms with Gasteiger partial charge in [-0.1, -0.05) is 33.8 Å². The van der Waals surface area contributed by atoms with Crippen molar-refractivity contribution in [2.75, 3.05) is 30.9 Å². The fraction of sp³-hybridized carbons (Fsp3) is 0.556. The Kier molecular flexibility index (Phi) is 9.51. The van der Waals surface area contributed by atoms with Gasteiger partial charge in [0.15, 0.2) is 6.61 Å². The molecule has 174 valence electrons. The highest BCUT2D eigenvalue weighted by atomic mass is 127. The van der Waals surface area contributed by atoms with Crippen LogP contribution in [0.4, 0.5) is 13.2 Å². The van der Waals surface area contributed by atoms with Gasteiger partial charge in [0.05, 0.1) is 27.4 Å². The molecule has 1 aliphatic heterocycles. The molecule has 1 fully saturated rings. The lowest BCUT2D eigenvalue weighted by Gasteiger charge is -2.26. The lowest BCUT2D eigenvalue weighted by atomic mass is 10.1. The van der Waals surface area contributed by atoms with Crippen molar-refractivity contribution < 1.29 is 36.0 Å². The third-order valence-corrected chi connectivity index (χ3v) is 6.68. The number of hydrogen-bond acceptors (Lipinski definition) is 6. The smallest absolute Gasteiger partial charge is 0.386 e. The topological polar surface area (TPSA) is 97.3 Å². The van der Waals surface area contributed by atoms with E-state index in [1.165, 1.54) is 0 Å². The Morgan fingerprint density at radius 1 is 1.32 bits per heavy atom. The van der Waals surface area contributed by atoms with Crippen molar-refractivity contribution in [1.82, 2.24) is 9.62 Å². The predicted octanol–water partition coefficient (Wildman–Crippen LogP) is 2.78. The minimum absolute atomic E-state index is 0.0532. The first-order valence-corrected chi connectivity index (χ1v) is 12.3. The van der Waals surface area contributed by atoms with E-state index in [0.717, 1.165) is 22.5 Å². The Bertz CT molecular complexity index is 886. The van der Waals surface area contributed by atoms with Crippen LogP contribution in [0.15, 0.2) is 34.3 Å². The molecular formula is C18H23F3IN3O5S. The van der Waals surface area contributed by atoms with Crippen molar-refractivity contribution in [3.63, 3.8) is 0 Å². The van der Waals surface area contributed by atoms with Crippen LogP contribution < -0.4 is 5.32 Å². The number of alkyl halides is 4. The van der Waals surface area contributed by atoms with Gasteiger partial charge in [-0.25, -0.2) is 8.42 Å². The van der Waals surface area contributed by atoms with Gasteiger partial charge in [0.1, 0.15) is 0 Å². The second-order valence-corrected chi connectivity index (χ2v) is 9.37. The van der Waals surface area contributed by atoms with Gasteiger partial charge in [-0.3, -0.25) is 4.79 Å². The summed E-state index contributed by atoms with van der Waals surface area (Å²) in [6.45, 7) is 1.98. The standard InChI is InChI=1S/C18H23F3IN3O5S/c1-13(10-29-12-22)23-17(26)11-30-24-15-5-7-25(8-6-15)31(27,28)16-4-2-3-14(9-16)18(19,20)21/h2-4,9,13H,5-8,10-12H2,1H3,(H,23,26). The monoisotopic (exact) mass is 577 g/mol. The Labute approximate surface area is 192 Å². The molecule has 0 aromatic heterocycles. The van der Waals surface area contributed by atoms with Crippen molar-refractivity contribution in [3.8, 4) is 0 Å². The zero-order valence-electron chi connectivity index (χ0n) is 16.7. The molecule has 1 amide bonds. The molecule has 31 heavy (non-hydrogen) atoms. The fourth-order valence-corrected chi connectivity index (χ4v) is 4.56. The number of nitrogens with zero attached hydrogens (tertiary/aromatic N) is 2. The number of hydrogen-bond donors (Lipinski definition) is 1. The van der Waals surface area contributed by atoms with Gasteiger partial charge in [-0.2, -0.15) is 17.5 Å². The largest absolute Gasteiger partial charge is 0.416 e. The van der Waals surface area contributed by atoms with Gasteiger partial charge in [0, 0.05) is 32.0 Å². The van der Waals surface area contributed by atoms with Gasteiger partial charge in [-0.15, -0.1) is 0 Å². The first kappa shape index (κ1) is 25.8. The molecule has 13 heteroatoms. The summed E-state index contributed by atoms with van der Waals surface area (Å²) in [5.41, 5.74) is -0.445. The van der Waals surface area contributed by atoms with E-state index >= 15 is 0 Å². The normalized spacial score (nSPS) is 16.6. The van der Waals surface area contributed by atoms with E-state index in [2.05, 4.69) is 33.1 Å². The molecule has 2 rings (SSSR count). The Morgan fingerprint density at radius 2 is 2.00 bits per heavy atom. The van der Waals surface area contributed by atoms with Crippen LogP contribution in [0.25, 0.3) is 0 Å². The number of carbonyl (C=O) groups is 1. The summed E-state index contributed by atoms with van der Waals surface area (Å²) in [6, 6.07) is 3.49. The van der Waals surface area contributed by atoms with Crippen molar-refractivity contribution in [3.05, 3.63) is 29.8 Å². The molecule has 8 nitrogen and oxygen atoms in total. The lowest BCUT2D eigenvalue weighted by Crippen LogP contribution is -2.39. The maximum Gasteiger partial charge on any atom is 0.416 e. The first-order valence-electron chi connectivity index (χ1n) is 9.32. The molecule has 0 spiro atoms. The molecule has 1 heterocycles. The minimum atomic E-state index is -4.63. The highest BCUT2D eigenvalue weighted by Crippen LogP contribution is 2.31. The number of amides is 1. The predicted molar refractivity (Wildman–Crippen MR) is 115 cm³/mol. The minimum Gasteiger partial charge on any atom is -0.386 e. The lowest BCUT2D eigenvalue weighted by molar-refractivity contribution is -0.137. The van der Waals surface area contributed by atoms with Gasteiger partial charge in [0.25, 0.3) is 5.91 Å². The molecular weight excluding hydrogens is 554 g/mol. The maximum absolute atomic E-state index is 12.9. The van der Waals surface area contributed by atoms with E-state index in [1.54, 1.807) is 6.92 Å². The number of ether oxygens (including phenoxy) is 1.